The quantitative estimate of drug-likeness (QED) is 0.730. The zero-order valence-electron chi connectivity index (χ0n) is 11.2. The maximum Gasteiger partial charge on any atom is 0.408 e. The second kappa shape index (κ2) is 5.23. The number of nitrogens with two attached hydrogens (primary N) is 1. The zero-order chi connectivity index (χ0) is 13.1. The number of carbonyl (C=O) groups excluding carboxylic acids is 1. The first-order chi connectivity index (χ1) is 7.74. The Hall–Kier alpha value is -0.810. The van der Waals surface area contributed by atoms with Crippen molar-refractivity contribution in [2.45, 2.75) is 70.6 Å². The zero-order valence-corrected chi connectivity index (χ0v) is 11.2. The van der Waals surface area contributed by atoms with E-state index in [1.165, 1.54) is 0 Å². The van der Waals surface area contributed by atoms with Crippen molar-refractivity contribution in [2.24, 2.45) is 5.90 Å². The van der Waals surface area contributed by atoms with E-state index in [-0.39, 0.29) is 17.7 Å². The average molecular weight is 244 g/mol. The van der Waals surface area contributed by atoms with Crippen LogP contribution in [-0.2, 0) is 9.57 Å². The van der Waals surface area contributed by atoms with Gasteiger partial charge in [-0.2, -0.15) is 0 Å². The maximum atomic E-state index is 11.7. The highest BCUT2D eigenvalue weighted by atomic mass is 16.6. The van der Waals surface area contributed by atoms with Crippen molar-refractivity contribution in [2.75, 3.05) is 0 Å². The standard InChI is InChI=1S/C12H24N2O3/c1-11(2,3)16-10(15)14-12(4)7-5-9(17-13)6-8-12/h9H,5-8,13H2,1-4H3,(H,14,15). The van der Waals surface area contributed by atoms with Gasteiger partial charge >= 0.3 is 6.09 Å². The molecule has 0 aliphatic heterocycles. The van der Waals surface area contributed by atoms with E-state index in [2.05, 4.69) is 5.32 Å². The van der Waals surface area contributed by atoms with E-state index in [9.17, 15) is 4.79 Å². The third-order valence-corrected chi connectivity index (χ3v) is 3.03. The molecule has 3 N–H and O–H groups in total. The van der Waals surface area contributed by atoms with Crippen LogP contribution in [0, 0.1) is 0 Å². The molecule has 0 atom stereocenters. The van der Waals surface area contributed by atoms with Gasteiger partial charge in [-0.3, -0.25) is 0 Å². The van der Waals surface area contributed by atoms with Crippen LogP contribution < -0.4 is 11.2 Å². The van der Waals surface area contributed by atoms with Gasteiger partial charge in [0.15, 0.2) is 0 Å². The topological polar surface area (TPSA) is 73.6 Å². The van der Waals surface area contributed by atoms with E-state index in [0.717, 1.165) is 25.7 Å². The van der Waals surface area contributed by atoms with E-state index in [1.54, 1.807) is 0 Å². The summed E-state index contributed by atoms with van der Waals surface area (Å²) in [5.74, 6) is 5.16. The molecule has 1 amide bonds. The van der Waals surface area contributed by atoms with Crippen LogP contribution in [-0.4, -0.2) is 23.3 Å². The van der Waals surface area contributed by atoms with Crippen molar-refractivity contribution >= 4 is 6.09 Å². The predicted molar refractivity (Wildman–Crippen MR) is 65.3 cm³/mol. The highest BCUT2D eigenvalue weighted by molar-refractivity contribution is 5.68. The number of nitrogens with one attached hydrogen (secondary N) is 1. The van der Waals surface area contributed by atoms with Crippen LogP contribution in [0.4, 0.5) is 4.79 Å². The lowest BCUT2D eigenvalue weighted by molar-refractivity contribution is 0.00375. The van der Waals surface area contributed by atoms with Crippen LogP contribution in [0.15, 0.2) is 0 Å². The second-order valence-corrected chi connectivity index (χ2v) is 6.02. The van der Waals surface area contributed by atoms with E-state index in [4.69, 9.17) is 15.5 Å². The minimum absolute atomic E-state index is 0.114. The minimum Gasteiger partial charge on any atom is -0.444 e. The summed E-state index contributed by atoms with van der Waals surface area (Å²) in [6.45, 7) is 7.60. The summed E-state index contributed by atoms with van der Waals surface area (Å²) >= 11 is 0. The molecule has 0 spiro atoms. The Labute approximate surface area is 103 Å². The summed E-state index contributed by atoms with van der Waals surface area (Å²) in [7, 11) is 0. The normalized spacial score (nSPS) is 29.8. The summed E-state index contributed by atoms with van der Waals surface area (Å²) in [5, 5.41) is 2.94. The van der Waals surface area contributed by atoms with Crippen molar-refractivity contribution < 1.29 is 14.4 Å². The summed E-state index contributed by atoms with van der Waals surface area (Å²) in [4.78, 5) is 16.5. The van der Waals surface area contributed by atoms with Crippen LogP contribution in [0.1, 0.15) is 53.4 Å². The first-order valence-corrected chi connectivity index (χ1v) is 6.11. The molecule has 0 aromatic heterocycles. The lowest BCUT2D eigenvalue weighted by atomic mass is 9.82. The van der Waals surface area contributed by atoms with Crippen LogP contribution >= 0.6 is 0 Å². The molecule has 1 saturated carbocycles. The van der Waals surface area contributed by atoms with Gasteiger partial charge in [-0.1, -0.05) is 0 Å². The molecular formula is C12H24N2O3. The molecule has 100 valence electrons. The third kappa shape index (κ3) is 4.91. The molecule has 1 aliphatic rings. The lowest BCUT2D eigenvalue weighted by Gasteiger charge is -2.37. The molecule has 0 aromatic rings. The van der Waals surface area contributed by atoms with Crippen LogP contribution in [0.25, 0.3) is 0 Å². The van der Waals surface area contributed by atoms with Crippen molar-refractivity contribution in [3.8, 4) is 0 Å². The first-order valence-electron chi connectivity index (χ1n) is 6.11. The summed E-state index contributed by atoms with van der Waals surface area (Å²) < 4.78 is 5.25. The second-order valence-electron chi connectivity index (χ2n) is 6.02. The summed E-state index contributed by atoms with van der Waals surface area (Å²) in [6, 6.07) is 0. The van der Waals surface area contributed by atoms with Crippen molar-refractivity contribution in [3.63, 3.8) is 0 Å². The largest absolute Gasteiger partial charge is 0.444 e. The van der Waals surface area contributed by atoms with E-state index in [0.29, 0.717) is 0 Å². The van der Waals surface area contributed by atoms with Crippen molar-refractivity contribution in [1.82, 2.24) is 5.32 Å². The van der Waals surface area contributed by atoms with Crippen LogP contribution in [0.5, 0.6) is 0 Å². The molecular weight excluding hydrogens is 220 g/mol. The van der Waals surface area contributed by atoms with E-state index >= 15 is 0 Å². The molecule has 5 nitrogen and oxygen atoms in total. The molecule has 5 heteroatoms. The fraction of sp³-hybridized carbons (Fsp3) is 0.917. The Bertz CT molecular complexity index is 265. The molecule has 1 aliphatic carbocycles. The van der Waals surface area contributed by atoms with Gasteiger partial charge in [-0.05, 0) is 53.4 Å². The predicted octanol–water partition coefficient (Wildman–Crippen LogP) is 2.10. The fourth-order valence-electron chi connectivity index (χ4n) is 2.04. The van der Waals surface area contributed by atoms with Gasteiger partial charge in [0.25, 0.3) is 0 Å². The SMILES string of the molecule is CC1(NC(=O)OC(C)(C)C)CCC(ON)CC1. The first kappa shape index (κ1) is 14.3. The van der Waals surface area contributed by atoms with Gasteiger partial charge in [-0.15, -0.1) is 0 Å². The molecule has 0 aromatic carbocycles. The molecule has 17 heavy (non-hydrogen) atoms. The maximum absolute atomic E-state index is 11.7. The van der Waals surface area contributed by atoms with Gasteiger partial charge in [0.1, 0.15) is 5.60 Å². The molecule has 0 unspecified atom stereocenters. The van der Waals surface area contributed by atoms with Gasteiger partial charge < -0.3 is 14.9 Å². The van der Waals surface area contributed by atoms with Crippen molar-refractivity contribution in [3.05, 3.63) is 0 Å². The van der Waals surface area contributed by atoms with Gasteiger partial charge in [0.05, 0.1) is 6.10 Å². The monoisotopic (exact) mass is 244 g/mol. The van der Waals surface area contributed by atoms with Crippen molar-refractivity contribution in [1.29, 1.82) is 0 Å². The molecule has 1 fully saturated rings. The third-order valence-electron chi connectivity index (χ3n) is 3.03. The molecule has 0 saturated heterocycles. The summed E-state index contributed by atoms with van der Waals surface area (Å²) in [6.07, 6.45) is 3.20. The Kier molecular flexibility index (Phi) is 4.38. The van der Waals surface area contributed by atoms with Gasteiger partial charge in [0, 0.05) is 5.54 Å². The average Bonchev–Trinajstić information content (AvgIpc) is 2.15. The smallest absolute Gasteiger partial charge is 0.408 e. The number of carbonyl (C=O) groups is 1. The number of ether oxygens (including phenoxy) is 1. The van der Waals surface area contributed by atoms with E-state index in [1.807, 2.05) is 27.7 Å². The summed E-state index contributed by atoms with van der Waals surface area (Å²) in [5.41, 5.74) is -0.671. The van der Waals surface area contributed by atoms with Crippen LogP contribution in [0.2, 0.25) is 0 Å². The van der Waals surface area contributed by atoms with Gasteiger partial charge in [0.2, 0.25) is 0 Å². The number of alkyl carbamates (subject to hydrolysis) is 1. The Morgan fingerprint density at radius 1 is 1.35 bits per heavy atom. The minimum atomic E-state index is -0.460. The lowest BCUT2D eigenvalue weighted by Crippen LogP contribution is -2.50. The molecule has 0 bridgehead atoms. The number of amides is 1. The van der Waals surface area contributed by atoms with E-state index < -0.39 is 5.60 Å². The molecule has 1 rings (SSSR count). The van der Waals surface area contributed by atoms with Crippen LogP contribution in [0.3, 0.4) is 0 Å². The molecule has 0 heterocycles. The molecule has 0 radical (unpaired) electrons. The number of hydrogen-bond acceptors (Lipinski definition) is 4. The highest BCUT2D eigenvalue weighted by Crippen LogP contribution is 2.29. The Balaban J connectivity index is 2.43. The number of rotatable bonds is 2. The highest BCUT2D eigenvalue weighted by Gasteiger charge is 2.33. The Morgan fingerprint density at radius 3 is 2.29 bits per heavy atom. The number of hydrogen-bond donors (Lipinski definition) is 2. The van der Waals surface area contributed by atoms with Gasteiger partial charge in [-0.25, -0.2) is 10.7 Å². The fourth-order valence-corrected chi connectivity index (χ4v) is 2.04. The Morgan fingerprint density at radius 2 is 1.88 bits per heavy atom.